The number of rotatable bonds is 1. The summed E-state index contributed by atoms with van der Waals surface area (Å²) in [6, 6.07) is 0. The van der Waals surface area contributed by atoms with Gasteiger partial charge in [0.05, 0.1) is 17.3 Å². The molecule has 3 heterocycles. The van der Waals surface area contributed by atoms with Gasteiger partial charge in [-0.3, -0.25) is 9.48 Å². The van der Waals surface area contributed by atoms with E-state index in [1.165, 1.54) is 0 Å². The number of aromatic nitrogens is 2. The van der Waals surface area contributed by atoms with Crippen LogP contribution in [-0.2, 0) is 5.54 Å². The summed E-state index contributed by atoms with van der Waals surface area (Å²) in [5.41, 5.74) is 0.634. The Morgan fingerprint density at radius 1 is 1.24 bits per heavy atom. The Morgan fingerprint density at radius 3 is 2.38 bits per heavy atom. The van der Waals surface area contributed by atoms with Crippen molar-refractivity contribution in [2.45, 2.75) is 39.2 Å². The third kappa shape index (κ3) is 2.98. The normalized spacial score (nSPS) is 26.5. The first-order valence-corrected chi connectivity index (χ1v) is 8.00. The number of fused-ring (bicyclic) bond motifs is 1. The van der Waals surface area contributed by atoms with Crippen LogP contribution in [-0.4, -0.2) is 46.8 Å². The zero-order chi connectivity index (χ0) is 15.0. The molecule has 0 saturated carbocycles. The van der Waals surface area contributed by atoms with Crippen molar-refractivity contribution in [3.63, 3.8) is 0 Å². The van der Waals surface area contributed by atoms with Gasteiger partial charge in [-0.05, 0) is 58.5 Å². The van der Waals surface area contributed by atoms with Crippen molar-refractivity contribution < 1.29 is 4.79 Å². The number of carbonyl (C=O) groups is 1. The maximum absolute atomic E-state index is 12.7. The fourth-order valence-electron chi connectivity index (χ4n) is 3.40. The van der Waals surface area contributed by atoms with Gasteiger partial charge in [0.15, 0.2) is 0 Å². The molecule has 5 heteroatoms. The van der Waals surface area contributed by atoms with E-state index in [4.69, 9.17) is 0 Å². The highest BCUT2D eigenvalue weighted by Gasteiger charge is 2.32. The van der Waals surface area contributed by atoms with E-state index in [-0.39, 0.29) is 11.4 Å². The van der Waals surface area contributed by atoms with Crippen LogP contribution in [0.4, 0.5) is 0 Å². The third-order valence-corrected chi connectivity index (χ3v) is 4.82. The van der Waals surface area contributed by atoms with Crippen LogP contribution >= 0.6 is 0 Å². The average molecular weight is 290 g/mol. The first-order valence-electron chi connectivity index (χ1n) is 8.00. The number of nitrogens with zero attached hydrogens (tertiary/aromatic N) is 3. The molecular formula is C16H26N4O. The van der Waals surface area contributed by atoms with Crippen LogP contribution in [0.25, 0.3) is 0 Å². The van der Waals surface area contributed by atoms with Gasteiger partial charge in [0.2, 0.25) is 0 Å². The predicted octanol–water partition coefficient (Wildman–Crippen LogP) is 1.71. The third-order valence-electron chi connectivity index (χ3n) is 4.82. The van der Waals surface area contributed by atoms with E-state index in [1.807, 2.05) is 15.8 Å². The Kier molecular flexibility index (Phi) is 3.78. The van der Waals surface area contributed by atoms with Gasteiger partial charge >= 0.3 is 0 Å². The Labute approximate surface area is 126 Å². The summed E-state index contributed by atoms with van der Waals surface area (Å²) in [5.74, 6) is 1.64. The maximum Gasteiger partial charge on any atom is 0.257 e. The fourth-order valence-corrected chi connectivity index (χ4v) is 3.40. The summed E-state index contributed by atoms with van der Waals surface area (Å²) in [6.45, 7) is 10.3. The molecule has 21 heavy (non-hydrogen) atoms. The zero-order valence-corrected chi connectivity index (χ0v) is 13.3. The molecule has 2 aliphatic heterocycles. The molecular weight excluding hydrogens is 264 g/mol. The van der Waals surface area contributed by atoms with Crippen LogP contribution in [0.3, 0.4) is 0 Å². The standard InChI is InChI=1S/C16H26N4O/c1-16(2,3)20-11-14(10-18-20)15(21)19-6-4-12-8-17-9-13(12)5-7-19/h10-13,17H,4-9H2,1-3H3/t12-,13+. The minimum atomic E-state index is -0.0833. The number of nitrogens with one attached hydrogen (secondary N) is 1. The van der Waals surface area contributed by atoms with Crippen molar-refractivity contribution in [1.82, 2.24) is 20.0 Å². The molecule has 3 rings (SSSR count). The van der Waals surface area contributed by atoms with Crippen LogP contribution in [0.5, 0.6) is 0 Å². The highest BCUT2D eigenvalue weighted by Crippen LogP contribution is 2.27. The number of hydrogen-bond donors (Lipinski definition) is 1. The molecule has 1 amide bonds. The van der Waals surface area contributed by atoms with Crippen molar-refractivity contribution >= 4 is 5.91 Å². The monoisotopic (exact) mass is 290 g/mol. The lowest BCUT2D eigenvalue weighted by molar-refractivity contribution is 0.0758. The zero-order valence-electron chi connectivity index (χ0n) is 13.3. The van der Waals surface area contributed by atoms with Crippen molar-refractivity contribution in [2.24, 2.45) is 11.8 Å². The van der Waals surface area contributed by atoms with Crippen LogP contribution in [0.2, 0.25) is 0 Å². The van der Waals surface area contributed by atoms with Gasteiger partial charge in [-0.1, -0.05) is 0 Å². The van der Waals surface area contributed by atoms with E-state index in [0.29, 0.717) is 0 Å². The lowest BCUT2D eigenvalue weighted by atomic mass is 9.92. The number of amides is 1. The second kappa shape index (κ2) is 5.44. The van der Waals surface area contributed by atoms with Gasteiger partial charge in [0.25, 0.3) is 5.91 Å². The molecule has 2 atom stereocenters. The molecule has 5 nitrogen and oxygen atoms in total. The second-order valence-corrected chi connectivity index (χ2v) is 7.39. The number of hydrogen-bond acceptors (Lipinski definition) is 3. The maximum atomic E-state index is 12.7. The largest absolute Gasteiger partial charge is 0.339 e. The van der Waals surface area contributed by atoms with Gasteiger partial charge in [0.1, 0.15) is 0 Å². The summed E-state index contributed by atoms with van der Waals surface area (Å²) in [5, 5.41) is 7.81. The van der Waals surface area contributed by atoms with E-state index in [0.717, 1.165) is 56.4 Å². The van der Waals surface area contributed by atoms with Crippen molar-refractivity contribution in [2.75, 3.05) is 26.2 Å². The molecule has 2 fully saturated rings. The Balaban J connectivity index is 1.69. The van der Waals surface area contributed by atoms with Crippen molar-refractivity contribution in [3.8, 4) is 0 Å². The van der Waals surface area contributed by atoms with E-state index in [1.54, 1.807) is 6.20 Å². The highest BCUT2D eigenvalue weighted by molar-refractivity contribution is 5.93. The predicted molar refractivity (Wildman–Crippen MR) is 82.2 cm³/mol. The minimum Gasteiger partial charge on any atom is -0.339 e. The van der Waals surface area contributed by atoms with Crippen molar-refractivity contribution in [1.29, 1.82) is 0 Å². The molecule has 0 bridgehead atoms. The van der Waals surface area contributed by atoms with E-state index in [2.05, 4.69) is 31.2 Å². The molecule has 2 aliphatic rings. The van der Waals surface area contributed by atoms with Crippen LogP contribution in [0.1, 0.15) is 44.0 Å². The lowest BCUT2D eigenvalue weighted by Crippen LogP contribution is -2.32. The molecule has 0 spiro atoms. The SMILES string of the molecule is CC(C)(C)n1cc(C(=O)N2CC[C@@H]3CNC[C@@H]3CC2)cn1. The van der Waals surface area contributed by atoms with E-state index >= 15 is 0 Å². The quantitative estimate of drug-likeness (QED) is 0.856. The van der Waals surface area contributed by atoms with Gasteiger partial charge in [0, 0.05) is 19.3 Å². The van der Waals surface area contributed by atoms with E-state index < -0.39 is 0 Å². The second-order valence-electron chi connectivity index (χ2n) is 7.39. The topological polar surface area (TPSA) is 50.2 Å². The minimum absolute atomic E-state index is 0.0833. The highest BCUT2D eigenvalue weighted by atomic mass is 16.2. The summed E-state index contributed by atoms with van der Waals surface area (Å²) < 4.78 is 1.87. The number of likely N-dealkylation sites (tertiary alicyclic amines) is 1. The summed E-state index contributed by atoms with van der Waals surface area (Å²) >= 11 is 0. The summed E-state index contributed by atoms with van der Waals surface area (Å²) in [4.78, 5) is 14.7. The van der Waals surface area contributed by atoms with Gasteiger partial charge in [-0.15, -0.1) is 0 Å². The van der Waals surface area contributed by atoms with E-state index in [9.17, 15) is 4.79 Å². The molecule has 1 aromatic heterocycles. The first-order chi connectivity index (χ1) is 9.95. The van der Waals surface area contributed by atoms with Crippen LogP contribution in [0, 0.1) is 11.8 Å². The average Bonchev–Trinajstić information content (AvgIpc) is 3.03. The van der Waals surface area contributed by atoms with Gasteiger partial charge < -0.3 is 10.2 Å². The molecule has 0 aliphatic carbocycles. The van der Waals surface area contributed by atoms with Gasteiger partial charge in [-0.25, -0.2) is 0 Å². The molecule has 116 valence electrons. The summed E-state index contributed by atoms with van der Waals surface area (Å²) in [6.07, 6.45) is 5.84. The van der Waals surface area contributed by atoms with Crippen LogP contribution in [0.15, 0.2) is 12.4 Å². The Morgan fingerprint density at radius 2 is 1.86 bits per heavy atom. The lowest BCUT2D eigenvalue weighted by Gasteiger charge is -2.21. The Bertz CT molecular complexity index is 503. The first kappa shape index (κ1) is 14.6. The molecule has 0 radical (unpaired) electrons. The molecule has 0 unspecified atom stereocenters. The summed E-state index contributed by atoms with van der Waals surface area (Å²) in [7, 11) is 0. The molecule has 1 N–H and O–H groups in total. The smallest absolute Gasteiger partial charge is 0.257 e. The van der Waals surface area contributed by atoms with Gasteiger partial charge in [-0.2, -0.15) is 5.10 Å². The molecule has 0 aromatic carbocycles. The fraction of sp³-hybridized carbons (Fsp3) is 0.750. The molecule has 2 saturated heterocycles. The van der Waals surface area contributed by atoms with Crippen molar-refractivity contribution in [3.05, 3.63) is 18.0 Å². The Hall–Kier alpha value is -1.36. The molecule has 1 aromatic rings. The number of carbonyl (C=O) groups excluding carboxylic acids is 1. The van der Waals surface area contributed by atoms with Crippen LogP contribution < -0.4 is 5.32 Å².